The third kappa shape index (κ3) is 4.36. The van der Waals surface area contributed by atoms with Gasteiger partial charge in [-0.25, -0.2) is 4.79 Å². The molecule has 2 aromatic heterocycles. The topological polar surface area (TPSA) is 111 Å². The van der Waals surface area contributed by atoms with Crippen molar-refractivity contribution in [2.24, 2.45) is 5.73 Å². The molecule has 1 radical (unpaired) electrons. The summed E-state index contributed by atoms with van der Waals surface area (Å²) in [5.41, 5.74) is 7.18. The number of benzene rings is 1. The van der Waals surface area contributed by atoms with Crippen molar-refractivity contribution in [3.8, 4) is 5.75 Å². The zero-order valence-corrected chi connectivity index (χ0v) is 18.3. The van der Waals surface area contributed by atoms with Gasteiger partial charge in [0.25, 0.3) is 5.91 Å². The first-order valence-electron chi connectivity index (χ1n) is 8.38. The number of carboxylic acid groups (broad SMARTS) is 1. The van der Waals surface area contributed by atoms with E-state index in [0.717, 1.165) is 5.56 Å². The van der Waals surface area contributed by atoms with Crippen LogP contribution in [-0.4, -0.2) is 33.8 Å². The van der Waals surface area contributed by atoms with E-state index < -0.39 is 30.2 Å². The second-order valence-electron chi connectivity index (χ2n) is 6.17. The van der Waals surface area contributed by atoms with Gasteiger partial charge in [-0.05, 0) is 23.9 Å². The van der Waals surface area contributed by atoms with E-state index in [9.17, 15) is 14.4 Å². The van der Waals surface area contributed by atoms with E-state index in [4.69, 9.17) is 15.6 Å². The fraction of sp³-hybridized carbons (Fsp3) is 0.0952. The molecule has 0 aliphatic carbocycles. The summed E-state index contributed by atoms with van der Waals surface area (Å²) in [6.07, 6.45) is 1.67. The van der Waals surface area contributed by atoms with Crippen molar-refractivity contribution in [2.75, 3.05) is 6.61 Å². The van der Waals surface area contributed by atoms with E-state index in [2.05, 4.69) is 13.8 Å². The number of carbonyl (C=O) groups excluding carboxylic acids is 2. The number of pyridine rings is 1. The van der Waals surface area contributed by atoms with Gasteiger partial charge >= 0.3 is 5.97 Å². The molecule has 8 heteroatoms. The van der Waals surface area contributed by atoms with Crippen LogP contribution < -0.4 is 10.5 Å². The Bertz CT molecular complexity index is 1080. The van der Waals surface area contributed by atoms with Crippen molar-refractivity contribution in [2.45, 2.75) is 5.92 Å². The summed E-state index contributed by atoms with van der Waals surface area (Å²) in [5, 5.41) is 8.92. The Morgan fingerprint density at radius 2 is 1.79 bits per heavy atom. The molecule has 1 unspecified atom stereocenters. The number of hydrogen-bond donors (Lipinski definition) is 2. The molecular formula is C21H18N2O5Y-2. The SMILES string of the molecule is [CH2-]c1c(C(=O)C(N)=O)c2c(OCC(=O)O)cccn2c1C([CH2-])c1ccccc1.[Y]. The van der Waals surface area contributed by atoms with Gasteiger partial charge in [-0.15, -0.1) is 11.6 Å². The van der Waals surface area contributed by atoms with Crippen LogP contribution in [0.15, 0.2) is 48.7 Å². The van der Waals surface area contributed by atoms with Crippen LogP contribution in [0.1, 0.15) is 33.1 Å². The summed E-state index contributed by atoms with van der Waals surface area (Å²) in [4.78, 5) is 35.0. The molecule has 0 saturated heterocycles. The monoisotopic (exact) mass is 467 g/mol. The molecule has 3 aromatic rings. The number of ketones is 1. The second-order valence-corrected chi connectivity index (χ2v) is 6.17. The molecule has 7 nitrogen and oxygen atoms in total. The number of aromatic nitrogens is 1. The maximum atomic E-state index is 12.5. The summed E-state index contributed by atoms with van der Waals surface area (Å²) in [6.45, 7) is 7.56. The van der Waals surface area contributed by atoms with E-state index in [1.54, 1.807) is 16.7 Å². The van der Waals surface area contributed by atoms with E-state index in [0.29, 0.717) is 11.3 Å². The number of nitrogens with two attached hydrogens (primary N) is 1. The minimum Gasteiger partial charge on any atom is -0.481 e. The van der Waals surface area contributed by atoms with E-state index in [1.807, 2.05) is 30.3 Å². The Labute approximate surface area is 192 Å². The number of carbonyl (C=O) groups is 3. The molecule has 3 rings (SSSR count). The van der Waals surface area contributed by atoms with Gasteiger partial charge in [-0.1, -0.05) is 35.9 Å². The first kappa shape index (κ1) is 22.7. The van der Waals surface area contributed by atoms with Crippen molar-refractivity contribution >= 4 is 23.2 Å². The molecule has 2 heterocycles. The Hall–Kier alpha value is -2.64. The summed E-state index contributed by atoms with van der Waals surface area (Å²) >= 11 is 0. The zero-order chi connectivity index (χ0) is 20.4. The number of aliphatic carboxylic acids is 1. The molecule has 29 heavy (non-hydrogen) atoms. The second kappa shape index (κ2) is 9.24. The number of amides is 1. The van der Waals surface area contributed by atoms with Crippen molar-refractivity contribution in [1.29, 1.82) is 0 Å². The van der Waals surface area contributed by atoms with E-state index >= 15 is 0 Å². The number of Topliss-reactive ketones (excluding diaryl/α,β-unsaturated/α-hetero) is 1. The minimum atomic E-state index is -1.18. The van der Waals surface area contributed by atoms with Crippen LogP contribution in [0.25, 0.3) is 5.52 Å². The molecule has 147 valence electrons. The van der Waals surface area contributed by atoms with Gasteiger partial charge in [0.2, 0.25) is 0 Å². The van der Waals surface area contributed by atoms with Gasteiger partial charge < -0.3 is 26.9 Å². The average Bonchev–Trinajstić information content (AvgIpc) is 2.98. The molecular weight excluding hydrogens is 449 g/mol. The molecule has 0 spiro atoms. The van der Waals surface area contributed by atoms with Crippen molar-refractivity contribution in [3.05, 3.63) is 84.9 Å². The largest absolute Gasteiger partial charge is 0.481 e. The molecule has 0 aliphatic heterocycles. The van der Waals surface area contributed by atoms with Crippen LogP contribution in [0.5, 0.6) is 5.75 Å². The number of nitrogens with zero attached hydrogens (tertiary/aromatic N) is 1. The van der Waals surface area contributed by atoms with E-state index in [1.165, 1.54) is 6.07 Å². The smallest absolute Gasteiger partial charge is 0.341 e. The van der Waals surface area contributed by atoms with Gasteiger partial charge in [0, 0.05) is 38.2 Å². The molecule has 0 bridgehead atoms. The molecule has 1 aromatic carbocycles. The van der Waals surface area contributed by atoms with Gasteiger partial charge in [0.05, 0.1) is 0 Å². The van der Waals surface area contributed by atoms with Crippen LogP contribution in [0.2, 0.25) is 0 Å². The van der Waals surface area contributed by atoms with Gasteiger partial charge in [0.15, 0.2) is 12.4 Å². The molecule has 0 aliphatic rings. The van der Waals surface area contributed by atoms with Gasteiger partial charge in [-0.3, -0.25) is 9.59 Å². The molecule has 1 amide bonds. The third-order valence-corrected chi connectivity index (χ3v) is 4.40. The quantitative estimate of drug-likeness (QED) is 0.315. The van der Waals surface area contributed by atoms with Gasteiger partial charge in [-0.2, -0.15) is 12.5 Å². The maximum Gasteiger partial charge on any atom is 0.341 e. The van der Waals surface area contributed by atoms with Crippen LogP contribution in [0.4, 0.5) is 0 Å². The average molecular weight is 467 g/mol. The van der Waals surface area contributed by atoms with Crippen LogP contribution in [0, 0.1) is 13.8 Å². The Balaban J connectivity index is 0.00000300. The van der Waals surface area contributed by atoms with Gasteiger partial charge in [0.1, 0.15) is 5.75 Å². The molecule has 0 fully saturated rings. The molecule has 3 N–H and O–H groups in total. The zero-order valence-electron chi connectivity index (χ0n) is 15.5. The third-order valence-electron chi connectivity index (χ3n) is 4.40. The fourth-order valence-electron chi connectivity index (χ4n) is 3.19. The molecule has 0 saturated carbocycles. The minimum absolute atomic E-state index is 0. The Morgan fingerprint density at radius 1 is 1.14 bits per heavy atom. The summed E-state index contributed by atoms with van der Waals surface area (Å²) < 4.78 is 6.97. The van der Waals surface area contributed by atoms with Crippen molar-refractivity contribution in [3.63, 3.8) is 0 Å². The number of hydrogen-bond acceptors (Lipinski definition) is 4. The summed E-state index contributed by atoms with van der Waals surface area (Å²) in [6, 6.07) is 12.5. The number of ether oxygens (including phenoxy) is 1. The van der Waals surface area contributed by atoms with Crippen LogP contribution in [-0.2, 0) is 42.3 Å². The van der Waals surface area contributed by atoms with Crippen LogP contribution >= 0.6 is 0 Å². The first-order valence-corrected chi connectivity index (χ1v) is 8.38. The predicted octanol–water partition coefficient (Wildman–Crippen LogP) is 2.22. The summed E-state index contributed by atoms with van der Waals surface area (Å²) in [7, 11) is 0. The number of rotatable bonds is 7. The number of carboxylic acids is 1. The van der Waals surface area contributed by atoms with Crippen molar-refractivity contribution in [1.82, 2.24) is 4.40 Å². The fourth-order valence-corrected chi connectivity index (χ4v) is 3.19. The Morgan fingerprint density at radius 3 is 2.38 bits per heavy atom. The van der Waals surface area contributed by atoms with Crippen molar-refractivity contribution < 1.29 is 56.9 Å². The normalized spacial score (nSPS) is 11.5. The number of fused-ring (bicyclic) bond motifs is 1. The number of primary amides is 1. The Kier molecular flexibility index (Phi) is 7.22. The first-order chi connectivity index (χ1) is 13.3. The standard InChI is InChI=1S/C21H18N2O5.Y/c1-12(14-7-4-3-5-8-14)18-13(2)17(20(26)21(22)27)19-15(28-11-16(24)25)9-6-10-23(18)19;/h3-10,12H,1-2,11H2,(H2,22,27)(H,24,25);/q-2;. The van der Waals surface area contributed by atoms with Crippen LogP contribution in [0.3, 0.4) is 0 Å². The van der Waals surface area contributed by atoms with E-state index in [-0.39, 0.29) is 49.5 Å². The predicted molar refractivity (Wildman–Crippen MR) is 102 cm³/mol. The molecule has 1 atom stereocenters. The summed E-state index contributed by atoms with van der Waals surface area (Å²) in [5.74, 6) is -3.53. The maximum absolute atomic E-state index is 12.5.